The molecular weight excluding hydrogens is 390 g/mol. The summed E-state index contributed by atoms with van der Waals surface area (Å²) in [5.74, 6) is -0.166. The summed E-state index contributed by atoms with van der Waals surface area (Å²) in [7, 11) is 0. The molecule has 1 atom stereocenters. The topological polar surface area (TPSA) is 55.8 Å². The zero-order valence-electron chi connectivity index (χ0n) is 18.8. The molecule has 1 aliphatic rings. The molecule has 0 saturated carbocycles. The Kier molecular flexibility index (Phi) is 8.24. The molecule has 1 amide bonds. The van der Waals surface area contributed by atoms with Gasteiger partial charge in [-0.15, -0.1) is 0 Å². The highest BCUT2D eigenvalue weighted by Crippen LogP contribution is 2.19. The SMILES string of the molecule is CCOC(Cc1ccc(CCCN2CCc3ccccc3C2=O)cc1)C(=O)OC(C)C. The Morgan fingerprint density at radius 1 is 1.06 bits per heavy atom. The third-order valence-electron chi connectivity index (χ3n) is 5.51. The van der Waals surface area contributed by atoms with Crippen molar-refractivity contribution < 1.29 is 19.1 Å². The Labute approximate surface area is 185 Å². The number of benzene rings is 2. The van der Waals surface area contributed by atoms with Gasteiger partial charge >= 0.3 is 5.97 Å². The quantitative estimate of drug-likeness (QED) is 0.537. The number of rotatable bonds is 10. The second-order valence-electron chi connectivity index (χ2n) is 8.25. The van der Waals surface area contributed by atoms with Gasteiger partial charge in [0.15, 0.2) is 6.10 Å². The maximum atomic E-state index is 12.7. The number of esters is 1. The van der Waals surface area contributed by atoms with E-state index in [0.29, 0.717) is 13.0 Å². The number of ether oxygens (including phenoxy) is 2. The fraction of sp³-hybridized carbons (Fsp3) is 0.462. The van der Waals surface area contributed by atoms with Crippen molar-refractivity contribution in [2.75, 3.05) is 19.7 Å². The van der Waals surface area contributed by atoms with Crippen LogP contribution in [0, 0.1) is 0 Å². The third-order valence-corrected chi connectivity index (χ3v) is 5.51. The van der Waals surface area contributed by atoms with Gasteiger partial charge in [-0.25, -0.2) is 4.79 Å². The molecule has 1 heterocycles. The van der Waals surface area contributed by atoms with Crippen LogP contribution in [0.3, 0.4) is 0 Å². The van der Waals surface area contributed by atoms with Crippen LogP contribution >= 0.6 is 0 Å². The Bertz CT molecular complexity index is 875. The molecule has 31 heavy (non-hydrogen) atoms. The summed E-state index contributed by atoms with van der Waals surface area (Å²) in [5.41, 5.74) is 4.27. The first-order valence-electron chi connectivity index (χ1n) is 11.2. The van der Waals surface area contributed by atoms with E-state index in [4.69, 9.17) is 9.47 Å². The average molecular weight is 424 g/mol. The fourth-order valence-corrected chi connectivity index (χ4v) is 3.94. The lowest BCUT2D eigenvalue weighted by atomic mass is 9.98. The zero-order valence-corrected chi connectivity index (χ0v) is 18.8. The van der Waals surface area contributed by atoms with Gasteiger partial charge in [-0.05, 0) is 62.8 Å². The molecule has 166 valence electrons. The average Bonchev–Trinajstić information content (AvgIpc) is 2.76. The lowest BCUT2D eigenvalue weighted by Crippen LogP contribution is -2.38. The van der Waals surface area contributed by atoms with Crippen LogP contribution in [0.2, 0.25) is 0 Å². The van der Waals surface area contributed by atoms with Crippen molar-refractivity contribution in [1.82, 2.24) is 4.90 Å². The summed E-state index contributed by atoms with van der Waals surface area (Å²) < 4.78 is 10.9. The Morgan fingerprint density at radius 3 is 2.48 bits per heavy atom. The molecule has 0 aromatic heterocycles. The van der Waals surface area contributed by atoms with E-state index >= 15 is 0 Å². The van der Waals surface area contributed by atoms with Crippen LogP contribution in [-0.2, 0) is 33.5 Å². The molecule has 0 aliphatic carbocycles. The van der Waals surface area contributed by atoms with Crippen LogP contribution in [0.1, 0.15) is 54.2 Å². The Hall–Kier alpha value is -2.66. The van der Waals surface area contributed by atoms with Crippen molar-refractivity contribution in [1.29, 1.82) is 0 Å². The summed E-state index contributed by atoms with van der Waals surface area (Å²) in [6.45, 7) is 7.58. The van der Waals surface area contributed by atoms with E-state index in [0.717, 1.165) is 49.0 Å². The van der Waals surface area contributed by atoms with Gasteiger partial charge in [0.2, 0.25) is 0 Å². The minimum absolute atomic E-state index is 0.146. The summed E-state index contributed by atoms with van der Waals surface area (Å²) >= 11 is 0. The van der Waals surface area contributed by atoms with Gasteiger partial charge in [0.1, 0.15) is 0 Å². The normalized spacial score (nSPS) is 14.5. The minimum atomic E-state index is -0.578. The highest BCUT2D eigenvalue weighted by molar-refractivity contribution is 5.96. The largest absolute Gasteiger partial charge is 0.461 e. The van der Waals surface area contributed by atoms with Gasteiger partial charge < -0.3 is 14.4 Å². The van der Waals surface area contributed by atoms with Gasteiger partial charge in [0.05, 0.1) is 6.10 Å². The fourth-order valence-electron chi connectivity index (χ4n) is 3.94. The maximum absolute atomic E-state index is 12.7. The summed E-state index contributed by atoms with van der Waals surface area (Å²) in [5, 5.41) is 0. The molecule has 5 nitrogen and oxygen atoms in total. The second kappa shape index (κ2) is 11.1. The van der Waals surface area contributed by atoms with Crippen molar-refractivity contribution in [3.05, 3.63) is 70.8 Å². The van der Waals surface area contributed by atoms with Gasteiger partial charge in [-0.3, -0.25) is 4.79 Å². The number of hydrogen-bond acceptors (Lipinski definition) is 4. The molecule has 0 radical (unpaired) electrons. The van der Waals surface area contributed by atoms with Crippen molar-refractivity contribution >= 4 is 11.9 Å². The number of nitrogens with zero attached hydrogens (tertiary/aromatic N) is 1. The Balaban J connectivity index is 1.49. The summed E-state index contributed by atoms with van der Waals surface area (Å²) in [6, 6.07) is 16.2. The van der Waals surface area contributed by atoms with Gasteiger partial charge in [0, 0.05) is 31.7 Å². The molecular formula is C26H33NO4. The van der Waals surface area contributed by atoms with Crippen molar-refractivity contribution in [3.8, 4) is 0 Å². The number of carbonyl (C=O) groups excluding carboxylic acids is 2. The first-order chi connectivity index (χ1) is 15.0. The van der Waals surface area contributed by atoms with Gasteiger partial charge in [-0.2, -0.15) is 0 Å². The molecule has 0 fully saturated rings. The van der Waals surface area contributed by atoms with E-state index in [1.165, 1.54) is 5.56 Å². The maximum Gasteiger partial charge on any atom is 0.335 e. The van der Waals surface area contributed by atoms with Gasteiger partial charge in [0.25, 0.3) is 5.91 Å². The van der Waals surface area contributed by atoms with E-state index in [-0.39, 0.29) is 18.0 Å². The van der Waals surface area contributed by atoms with Crippen LogP contribution in [0.25, 0.3) is 0 Å². The molecule has 0 N–H and O–H groups in total. The van der Waals surface area contributed by atoms with E-state index in [9.17, 15) is 9.59 Å². The van der Waals surface area contributed by atoms with Crippen molar-refractivity contribution in [2.45, 2.75) is 58.7 Å². The second-order valence-corrected chi connectivity index (χ2v) is 8.25. The van der Waals surface area contributed by atoms with Crippen LogP contribution in [-0.4, -0.2) is 48.7 Å². The number of aryl methyl sites for hydroxylation is 1. The molecule has 5 heteroatoms. The lowest BCUT2D eigenvalue weighted by Gasteiger charge is -2.28. The van der Waals surface area contributed by atoms with Crippen LogP contribution in [0.15, 0.2) is 48.5 Å². The summed E-state index contributed by atoms with van der Waals surface area (Å²) in [6.07, 6.45) is 2.54. The lowest BCUT2D eigenvalue weighted by molar-refractivity contribution is -0.160. The molecule has 0 spiro atoms. The van der Waals surface area contributed by atoms with E-state index in [2.05, 4.69) is 12.1 Å². The predicted octanol–water partition coefficient (Wildman–Crippen LogP) is 4.22. The number of fused-ring (bicyclic) bond motifs is 1. The molecule has 1 aliphatic heterocycles. The van der Waals surface area contributed by atoms with Crippen molar-refractivity contribution in [2.24, 2.45) is 0 Å². The van der Waals surface area contributed by atoms with Crippen LogP contribution in [0.4, 0.5) is 0 Å². The highest BCUT2D eigenvalue weighted by Gasteiger charge is 2.23. The molecule has 2 aromatic rings. The number of carbonyl (C=O) groups is 2. The minimum Gasteiger partial charge on any atom is -0.461 e. The van der Waals surface area contributed by atoms with E-state index in [1.807, 2.05) is 62.1 Å². The van der Waals surface area contributed by atoms with Crippen LogP contribution in [0.5, 0.6) is 0 Å². The monoisotopic (exact) mass is 423 g/mol. The van der Waals surface area contributed by atoms with Crippen LogP contribution < -0.4 is 0 Å². The van der Waals surface area contributed by atoms with E-state index in [1.54, 1.807) is 0 Å². The smallest absolute Gasteiger partial charge is 0.335 e. The highest BCUT2D eigenvalue weighted by atomic mass is 16.6. The molecule has 0 bridgehead atoms. The predicted molar refractivity (Wildman–Crippen MR) is 121 cm³/mol. The molecule has 1 unspecified atom stereocenters. The molecule has 3 rings (SSSR count). The van der Waals surface area contributed by atoms with E-state index < -0.39 is 6.10 Å². The standard InChI is InChI=1S/C26H33NO4/c1-4-30-24(26(29)31-19(2)3)18-21-13-11-20(12-14-21)8-7-16-27-17-15-22-9-5-6-10-23(22)25(27)28/h5-6,9-14,19,24H,4,7-8,15-18H2,1-3H3. The molecule has 2 aromatic carbocycles. The van der Waals surface area contributed by atoms with Crippen molar-refractivity contribution in [3.63, 3.8) is 0 Å². The number of hydrogen-bond donors (Lipinski definition) is 0. The Morgan fingerprint density at radius 2 is 1.77 bits per heavy atom. The molecule has 0 saturated heterocycles. The third kappa shape index (κ3) is 6.41. The first kappa shape index (κ1) is 23.0. The zero-order chi connectivity index (χ0) is 22.2. The van der Waals surface area contributed by atoms with Gasteiger partial charge in [-0.1, -0.05) is 42.5 Å². The number of amides is 1. The summed E-state index contributed by atoms with van der Waals surface area (Å²) in [4.78, 5) is 26.9. The first-order valence-corrected chi connectivity index (χ1v) is 11.2.